The molecule has 0 fully saturated rings. The Morgan fingerprint density at radius 2 is 1.65 bits per heavy atom. The van der Waals surface area contributed by atoms with E-state index in [0.29, 0.717) is 23.6 Å². The van der Waals surface area contributed by atoms with Crippen molar-refractivity contribution in [2.24, 2.45) is 0 Å². The van der Waals surface area contributed by atoms with Crippen LogP contribution >= 0.6 is 11.6 Å². The number of hydrogen-bond donors (Lipinski definition) is 0. The molecule has 1 aromatic rings. The lowest BCUT2D eigenvalue weighted by Crippen LogP contribution is -2.55. The van der Waals surface area contributed by atoms with Gasteiger partial charge in [-0.2, -0.15) is 0 Å². The molecule has 112 valence electrons. The summed E-state index contributed by atoms with van der Waals surface area (Å²) in [5.74, 6) is -0.164. The molecule has 0 amide bonds. The molecule has 4 nitrogen and oxygen atoms in total. The number of hydrogen-bond acceptors (Lipinski definition) is 3. The number of rotatable bonds is 6. The summed E-state index contributed by atoms with van der Waals surface area (Å²) in [6.45, 7) is 5.07. The largest absolute Gasteiger partial charge is 0.297 e. The molecule has 0 atom stereocenters. The quantitative estimate of drug-likeness (QED) is 0.809. The summed E-state index contributed by atoms with van der Waals surface area (Å²) in [6, 6.07) is 6.47. The number of anilines is 1. The predicted molar refractivity (Wildman–Crippen MR) is 82.8 cm³/mol. The lowest BCUT2D eigenvalue weighted by molar-refractivity contribution is -0.122. The number of halogens is 1. The maximum absolute atomic E-state index is 12.2. The molecule has 0 saturated heterocycles. The van der Waals surface area contributed by atoms with Crippen molar-refractivity contribution >= 4 is 33.1 Å². The molecular formula is C14H20ClNO3S. The highest BCUT2D eigenvalue weighted by molar-refractivity contribution is 7.92. The number of carbonyl (C=O) groups is 1. The standard InChI is InChI=1S/C14H20ClNO3S/c1-5-14(6-2,11(3)17)16(20(4,18)19)13-9-7-12(15)8-10-13/h7-10H,5-6H2,1-4H3. The third-order valence-electron chi connectivity index (χ3n) is 3.61. The van der Waals surface area contributed by atoms with Crippen LogP contribution in [-0.4, -0.2) is 26.0 Å². The van der Waals surface area contributed by atoms with Gasteiger partial charge in [0.2, 0.25) is 10.0 Å². The van der Waals surface area contributed by atoms with Crippen molar-refractivity contribution in [3.05, 3.63) is 29.3 Å². The average Bonchev–Trinajstić information content (AvgIpc) is 2.36. The third-order valence-corrected chi connectivity index (χ3v) is 5.08. The molecule has 0 radical (unpaired) electrons. The summed E-state index contributed by atoms with van der Waals surface area (Å²) >= 11 is 5.84. The summed E-state index contributed by atoms with van der Waals surface area (Å²) in [4.78, 5) is 12.1. The van der Waals surface area contributed by atoms with Gasteiger partial charge in [0.1, 0.15) is 5.54 Å². The first-order valence-corrected chi connectivity index (χ1v) is 8.68. The molecule has 0 aromatic heterocycles. The van der Waals surface area contributed by atoms with Crippen LogP contribution in [-0.2, 0) is 14.8 Å². The van der Waals surface area contributed by atoms with Gasteiger partial charge in [-0.05, 0) is 44.0 Å². The van der Waals surface area contributed by atoms with Gasteiger partial charge in [0.25, 0.3) is 0 Å². The van der Waals surface area contributed by atoms with Crippen LogP contribution in [0.2, 0.25) is 5.02 Å². The first-order valence-electron chi connectivity index (χ1n) is 6.46. The minimum atomic E-state index is -3.59. The normalized spacial score (nSPS) is 12.2. The van der Waals surface area contributed by atoms with E-state index in [1.165, 1.54) is 11.2 Å². The van der Waals surface area contributed by atoms with Gasteiger partial charge in [0.15, 0.2) is 5.78 Å². The molecule has 0 spiro atoms. The Labute approximate surface area is 125 Å². The number of Topliss-reactive ketones (excluding diaryl/α,β-unsaturated/α-hetero) is 1. The second-order valence-corrected chi connectivity index (χ2v) is 7.07. The fourth-order valence-electron chi connectivity index (χ4n) is 2.51. The van der Waals surface area contributed by atoms with Crippen LogP contribution in [0.1, 0.15) is 33.6 Å². The molecule has 0 aliphatic rings. The molecule has 1 rings (SSSR count). The van der Waals surface area contributed by atoms with Gasteiger partial charge < -0.3 is 0 Å². The Morgan fingerprint density at radius 1 is 1.20 bits per heavy atom. The van der Waals surface area contributed by atoms with Crippen LogP contribution in [0.15, 0.2) is 24.3 Å². The first-order chi connectivity index (χ1) is 9.19. The average molecular weight is 318 g/mol. The van der Waals surface area contributed by atoms with Crippen molar-refractivity contribution in [3.63, 3.8) is 0 Å². The molecule has 20 heavy (non-hydrogen) atoms. The van der Waals surface area contributed by atoms with Crippen molar-refractivity contribution in [2.45, 2.75) is 39.2 Å². The van der Waals surface area contributed by atoms with Crippen LogP contribution < -0.4 is 4.31 Å². The summed E-state index contributed by atoms with van der Waals surface area (Å²) in [5.41, 5.74) is -0.600. The van der Waals surface area contributed by atoms with Crippen molar-refractivity contribution in [3.8, 4) is 0 Å². The highest BCUT2D eigenvalue weighted by Gasteiger charge is 2.43. The Morgan fingerprint density at radius 3 is 1.95 bits per heavy atom. The number of sulfonamides is 1. The number of carbonyl (C=O) groups excluding carboxylic acids is 1. The van der Waals surface area contributed by atoms with Gasteiger partial charge in [-0.3, -0.25) is 9.10 Å². The lowest BCUT2D eigenvalue weighted by Gasteiger charge is -2.41. The predicted octanol–water partition coefficient (Wildman–Crippen LogP) is 3.25. The van der Waals surface area contributed by atoms with E-state index in [2.05, 4.69) is 0 Å². The van der Waals surface area contributed by atoms with Crippen LogP contribution in [0.3, 0.4) is 0 Å². The fraction of sp³-hybridized carbons (Fsp3) is 0.500. The second-order valence-electron chi connectivity index (χ2n) is 4.80. The molecule has 0 saturated carbocycles. The van der Waals surface area contributed by atoms with E-state index in [1.807, 2.05) is 13.8 Å². The Hall–Kier alpha value is -1.07. The van der Waals surface area contributed by atoms with Gasteiger partial charge in [-0.15, -0.1) is 0 Å². The van der Waals surface area contributed by atoms with Gasteiger partial charge >= 0.3 is 0 Å². The van der Waals surface area contributed by atoms with Crippen LogP contribution in [0, 0.1) is 0 Å². The number of nitrogens with zero attached hydrogens (tertiary/aromatic N) is 1. The van der Waals surface area contributed by atoms with Crippen LogP contribution in [0.25, 0.3) is 0 Å². The van der Waals surface area contributed by atoms with E-state index in [0.717, 1.165) is 6.26 Å². The maximum Gasteiger partial charge on any atom is 0.233 e. The molecule has 6 heteroatoms. The molecular weight excluding hydrogens is 298 g/mol. The zero-order chi connectivity index (χ0) is 15.6. The SMILES string of the molecule is CCC(CC)(C(C)=O)N(c1ccc(Cl)cc1)S(C)(=O)=O. The van der Waals surface area contributed by atoms with Gasteiger partial charge in [0, 0.05) is 5.02 Å². The summed E-state index contributed by atoms with van der Waals surface area (Å²) in [5, 5.41) is 0.517. The smallest absolute Gasteiger partial charge is 0.233 e. The molecule has 0 bridgehead atoms. The highest BCUT2D eigenvalue weighted by Crippen LogP contribution is 2.34. The summed E-state index contributed by atoms with van der Waals surface area (Å²) in [6.07, 6.45) is 1.94. The molecule has 0 aliphatic carbocycles. The zero-order valence-electron chi connectivity index (χ0n) is 12.2. The maximum atomic E-state index is 12.2. The third kappa shape index (κ3) is 3.15. The first kappa shape index (κ1) is 17.0. The monoisotopic (exact) mass is 317 g/mol. The van der Waals surface area contributed by atoms with E-state index in [9.17, 15) is 13.2 Å². The van der Waals surface area contributed by atoms with Crippen molar-refractivity contribution in [2.75, 3.05) is 10.6 Å². The minimum Gasteiger partial charge on any atom is -0.297 e. The van der Waals surface area contributed by atoms with Crippen molar-refractivity contribution < 1.29 is 13.2 Å². The number of benzene rings is 1. The Kier molecular flexibility index (Phi) is 5.21. The van der Waals surface area contributed by atoms with Gasteiger partial charge in [0.05, 0.1) is 11.9 Å². The summed E-state index contributed by atoms with van der Waals surface area (Å²) in [7, 11) is -3.59. The Balaban J connectivity index is 3.55. The minimum absolute atomic E-state index is 0.164. The lowest BCUT2D eigenvalue weighted by atomic mass is 9.88. The zero-order valence-corrected chi connectivity index (χ0v) is 13.8. The van der Waals surface area contributed by atoms with Gasteiger partial charge in [-0.25, -0.2) is 8.42 Å². The van der Waals surface area contributed by atoms with E-state index >= 15 is 0 Å². The van der Waals surface area contributed by atoms with E-state index in [4.69, 9.17) is 11.6 Å². The number of ketones is 1. The van der Waals surface area contributed by atoms with Crippen molar-refractivity contribution in [1.82, 2.24) is 0 Å². The van der Waals surface area contributed by atoms with E-state index < -0.39 is 15.6 Å². The molecule has 1 aromatic carbocycles. The van der Waals surface area contributed by atoms with E-state index in [1.54, 1.807) is 24.3 Å². The van der Waals surface area contributed by atoms with E-state index in [-0.39, 0.29) is 5.78 Å². The second kappa shape index (κ2) is 6.14. The molecule has 0 aliphatic heterocycles. The van der Waals surface area contributed by atoms with Crippen LogP contribution in [0.5, 0.6) is 0 Å². The fourth-order valence-corrected chi connectivity index (χ4v) is 4.16. The molecule has 0 heterocycles. The molecule has 0 unspecified atom stereocenters. The van der Waals surface area contributed by atoms with Crippen LogP contribution in [0.4, 0.5) is 5.69 Å². The summed E-state index contributed by atoms with van der Waals surface area (Å²) < 4.78 is 25.7. The van der Waals surface area contributed by atoms with Crippen molar-refractivity contribution in [1.29, 1.82) is 0 Å². The van der Waals surface area contributed by atoms with Gasteiger partial charge in [-0.1, -0.05) is 25.4 Å². The highest BCUT2D eigenvalue weighted by atomic mass is 35.5. The Bertz CT molecular complexity index is 577. The topological polar surface area (TPSA) is 54.5 Å². The molecule has 0 N–H and O–H groups in total.